The van der Waals surface area contributed by atoms with Crippen LogP contribution in [0.15, 0.2) is 11.5 Å². The molecule has 0 saturated carbocycles. The summed E-state index contributed by atoms with van der Waals surface area (Å²) in [7, 11) is 0. The zero-order valence-corrected chi connectivity index (χ0v) is 17.6. The van der Waals surface area contributed by atoms with Gasteiger partial charge in [0.05, 0.1) is 12.6 Å². The van der Waals surface area contributed by atoms with Crippen LogP contribution in [0.25, 0.3) is 4.85 Å². The number of likely N-dealkylation sites (tertiary alicyclic amines) is 2. The molecule has 3 heterocycles. The van der Waals surface area contributed by atoms with Gasteiger partial charge in [0.25, 0.3) is 0 Å². The molecule has 0 aromatic carbocycles. The van der Waals surface area contributed by atoms with Crippen molar-refractivity contribution in [2.75, 3.05) is 58.9 Å². The van der Waals surface area contributed by atoms with Gasteiger partial charge in [-0.3, -0.25) is 0 Å². The van der Waals surface area contributed by atoms with Crippen LogP contribution < -0.4 is 0 Å². The quantitative estimate of drug-likeness (QED) is 0.475. The summed E-state index contributed by atoms with van der Waals surface area (Å²) in [6, 6.07) is 2.86. The van der Waals surface area contributed by atoms with Gasteiger partial charge in [-0.25, -0.2) is 10.1 Å². The molecule has 0 aromatic heterocycles. The van der Waals surface area contributed by atoms with Gasteiger partial charge in [0.15, 0.2) is 0 Å². The van der Waals surface area contributed by atoms with Crippen LogP contribution in [-0.2, 0) is 0 Å². The molecule has 28 heavy (non-hydrogen) atoms. The largest absolute Gasteiger partial charge is 0.365 e. The van der Waals surface area contributed by atoms with Crippen LogP contribution in [0.3, 0.4) is 0 Å². The molecule has 0 aliphatic carbocycles. The third-order valence-corrected chi connectivity index (χ3v) is 6.58. The molecule has 1 unspecified atom stereocenters. The molecule has 3 aliphatic rings. The van der Waals surface area contributed by atoms with E-state index in [0.29, 0.717) is 6.04 Å². The second kappa shape index (κ2) is 10.7. The summed E-state index contributed by atoms with van der Waals surface area (Å²) in [5, 5.41) is 9.49. The molecule has 1 atom stereocenters. The fraction of sp³-hybridized carbons (Fsp3) is 0.818. The van der Waals surface area contributed by atoms with E-state index in [1.54, 1.807) is 0 Å². The molecule has 154 valence electrons. The minimum atomic E-state index is 0.269. The van der Waals surface area contributed by atoms with E-state index in [1.807, 2.05) is 0 Å². The molecule has 0 radical (unpaired) electrons. The highest BCUT2D eigenvalue weighted by Crippen LogP contribution is 2.24. The first-order valence-corrected chi connectivity index (χ1v) is 11.2. The molecule has 6 nitrogen and oxygen atoms in total. The van der Waals surface area contributed by atoms with E-state index < -0.39 is 0 Å². The van der Waals surface area contributed by atoms with E-state index in [-0.39, 0.29) is 5.70 Å². The summed E-state index contributed by atoms with van der Waals surface area (Å²) in [4.78, 5) is 13.3. The van der Waals surface area contributed by atoms with Crippen molar-refractivity contribution in [1.29, 1.82) is 5.26 Å². The highest BCUT2D eigenvalue weighted by molar-refractivity contribution is 5.33. The van der Waals surface area contributed by atoms with E-state index in [9.17, 15) is 5.26 Å². The number of rotatable bonds is 8. The summed E-state index contributed by atoms with van der Waals surface area (Å²) >= 11 is 0. The van der Waals surface area contributed by atoms with Crippen LogP contribution in [-0.4, -0.2) is 84.5 Å². The van der Waals surface area contributed by atoms with E-state index in [1.165, 1.54) is 51.7 Å². The minimum absolute atomic E-state index is 0.269. The normalized spacial score (nSPS) is 25.8. The van der Waals surface area contributed by atoms with Crippen molar-refractivity contribution in [2.45, 2.75) is 57.9 Å². The fourth-order valence-electron chi connectivity index (χ4n) is 4.97. The molecular formula is C22H36N6. The van der Waals surface area contributed by atoms with Gasteiger partial charge in [0.2, 0.25) is 0 Å². The Bertz CT molecular complexity index is 593. The highest BCUT2D eigenvalue weighted by Gasteiger charge is 2.28. The molecule has 3 rings (SSSR count). The molecule has 0 bridgehead atoms. The standard InChI is InChI=1S/C22H36N6/c1-20-9-6-13-26(20)14-8-16-28-18-17-27(22(28)21(19-23)24-2)15-7-12-25-10-4-3-5-11-25/h20H,3-18H2,1H3/b22-21+. The van der Waals surface area contributed by atoms with Crippen LogP contribution in [0.1, 0.15) is 51.9 Å². The average molecular weight is 385 g/mol. The maximum absolute atomic E-state index is 9.49. The topological polar surface area (TPSA) is 41.1 Å². The van der Waals surface area contributed by atoms with Crippen molar-refractivity contribution in [3.8, 4) is 6.07 Å². The van der Waals surface area contributed by atoms with Gasteiger partial charge in [-0.05, 0) is 71.6 Å². The van der Waals surface area contributed by atoms with Crippen molar-refractivity contribution < 1.29 is 0 Å². The Hall–Kier alpha value is -1.76. The predicted octanol–water partition coefficient (Wildman–Crippen LogP) is 2.97. The maximum atomic E-state index is 9.49. The van der Waals surface area contributed by atoms with Crippen molar-refractivity contribution in [2.24, 2.45) is 0 Å². The summed E-state index contributed by atoms with van der Waals surface area (Å²) in [5.74, 6) is 0.894. The van der Waals surface area contributed by atoms with Crippen LogP contribution >= 0.6 is 0 Å². The average Bonchev–Trinajstić information content (AvgIpc) is 3.31. The van der Waals surface area contributed by atoms with Crippen molar-refractivity contribution >= 4 is 0 Å². The molecule has 0 amide bonds. The molecule has 6 heteroatoms. The number of hydrogen-bond donors (Lipinski definition) is 0. The van der Waals surface area contributed by atoms with Gasteiger partial charge < -0.3 is 19.6 Å². The molecule has 3 saturated heterocycles. The van der Waals surface area contributed by atoms with Crippen molar-refractivity contribution in [3.05, 3.63) is 22.9 Å². The first-order chi connectivity index (χ1) is 13.7. The second-order valence-corrected chi connectivity index (χ2v) is 8.51. The summed E-state index contributed by atoms with van der Waals surface area (Å²) < 4.78 is 0. The maximum Gasteiger partial charge on any atom is 0.300 e. The van der Waals surface area contributed by atoms with E-state index in [2.05, 4.69) is 37.4 Å². The smallest absolute Gasteiger partial charge is 0.300 e. The van der Waals surface area contributed by atoms with Crippen molar-refractivity contribution in [1.82, 2.24) is 19.6 Å². The van der Waals surface area contributed by atoms with Gasteiger partial charge >= 0.3 is 5.70 Å². The Balaban J connectivity index is 1.51. The fourth-order valence-corrected chi connectivity index (χ4v) is 4.97. The number of hydrogen-bond acceptors (Lipinski definition) is 5. The van der Waals surface area contributed by atoms with Crippen molar-refractivity contribution in [3.63, 3.8) is 0 Å². The van der Waals surface area contributed by atoms with Crippen LogP contribution in [0, 0.1) is 17.9 Å². The molecule has 0 spiro atoms. The Labute approximate surface area is 171 Å². The highest BCUT2D eigenvalue weighted by atomic mass is 15.4. The SMILES string of the molecule is [C-]#[N+]/C(C#N)=C1\N(CCCN2CCCCC2)CCN1CCCN1CCCC1C. The second-order valence-electron chi connectivity index (χ2n) is 8.51. The van der Waals surface area contributed by atoms with E-state index >= 15 is 0 Å². The Kier molecular flexibility index (Phi) is 8.01. The first kappa shape index (κ1) is 21.0. The number of nitrogens with zero attached hydrogens (tertiary/aromatic N) is 6. The lowest BCUT2D eigenvalue weighted by molar-refractivity contribution is 0.214. The third-order valence-electron chi connectivity index (χ3n) is 6.58. The number of nitriles is 1. The number of allylic oxidation sites excluding steroid dienone is 1. The lowest BCUT2D eigenvalue weighted by Crippen LogP contribution is -2.33. The molecular weight excluding hydrogens is 348 g/mol. The lowest BCUT2D eigenvalue weighted by Gasteiger charge is -2.29. The number of piperidine rings is 1. The first-order valence-electron chi connectivity index (χ1n) is 11.2. The van der Waals surface area contributed by atoms with Crippen LogP contribution in [0.4, 0.5) is 0 Å². The Morgan fingerprint density at radius 2 is 1.64 bits per heavy atom. The predicted molar refractivity (Wildman–Crippen MR) is 112 cm³/mol. The summed E-state index contributed by atoms with van der Waals surface area (Å²) in [6.45, 7) is 19.5. The van der Waals surface area contributed by atoms with Crippen LogP contribution in [0.2, 0.25) is 0 Å². The minimum Gasteiger partial charge on any atom is -0.365 e. The molecule has 3 fully saturated rings. The summed E-state index contributed by atoms with van der Waals surface area (Å²) in [5.41, 5.74) is 0.269. The van der Waals surface area contributed by atoms with Gasteiger partial charge in [-0.15, -0.1) is 0 Å². The molecule has 3 aliphatic heterocycles. The van der Waals surface area contributed by atoms with E-state index in [4.69, 9.17) is 6.57 Å². The third kappa shape index (κ3) is 5.40. The summed E-state index contributed by atoms with van der Waals surface area (Å²) in [6.07, 6.45) is 8.87. The Morgan fingerprint density at radius 1 is 0.964 bits per heavy atom. The Morgan fingerprint density at radius 3 is 2.21 bits per heavy atom. The zero-order chi connectivity index (χ0) is 19.8. The van der Waals surface area contributed by atoms with Gasteiger partial charge in [-0.2, -0.15) is 0 Å². The molecule has 0 N–H and O–H groups in total. The monoisotopic (exact) mass is 384 g/mol. The van der Waals surface area contributed by atoms with Gasteiger partial charge in [0.1, 0.15) is 5.82 Å². The van der Waals surface area contributed by atoms with E-state index in [0.717, 1.165) is 57.9 Å². The molecule has 0 aromatic rings. The van der Waals surface area contributed by atoms with Gasteiger partial charge in [0, 0.05) is 38.8 Å². The lowest BCUT2D eigenvalue weighted by atomic mass is 10.1. The van der Waals surface area contributed by atoms with Gasteiger partial charge in [-0.1, -0.05) is 6.42 Å². The zero-order valence-electron chi connectivity index (χ0n) is 17.6. The van der Waals surface area contributed by atoms with Crippen LogP contribution in [0.5, 0.6) is 0 Å².